The number of carboxylic acid groups (broad SMARTS) is 4. The Bertz CT molecular complexity index is 353. The molecule has 3 atom stereocenters. The fraction of sp³-hybridized carbons (Fsp3) is 0.636. The summed E-state index contributed by atoms with van der Waals surface area (Å²) in [5.41, 5.74) is 0. The molecule has 0 amide bonds. The van der Waals surface area contributed by atoms with Crippen molar-refractivity contribution in [2.45, 2.75) is 38.4 Å². The fourth-order valence-corrected chi connectivity index (χ4v) is 1.57. The van der Waals surface area contributed by atoms with Crippen LogP contribution in [-0.2, 0) is 23.9 Å². The Morgan fingerprint density at radius 2 is 1.40 bits per heavy atom. The van der Waals surface area contributed by atoms with Crippen molar-refractivity contribution in [2.75, 3.05) is 0 Å². The fourth-order valence-electron chi connectivity index (χ4n) is 1.57. The first-order valence-corrected chi connectivity index (χ1v) is 5.68. The third kappa shape index (κ3) is 7.31. The van der Waals surface area contributed by atoms with Crippen molar-refractivity contribution >= 4 is 23.9 Å². The van der Waals surface area contributed by atoms with E-state index in [0.29, 0.717) is 0 Å². The van der Waals surface area contributed by atoms with Gasteiger partial charge in [0.2, 0.25) is 0 Å². The lowest BCUT2D eigenvalue weighted by Gasteiger charge is -2.20. The van der Waals surface area contributed by atoms with Gasteiger partial charge in [-0.2, -0.15) is 0 Å². The van der Waals surface area contributed by atoms with Crippen molar-refractivity contribution in [3.63, 3.8) is 0 Å². The Labute approximate surface area is 113 Å². The van der Waals surface area contributed by atoms with Crippen LogP contribution in [0.15, 0.2) is 0 Å². The van der Waals surface area contributed by atoms with Crippen molar-refractivity contribution in [1.82, 2.24) is 0 Å². The highest BCUT2D eigenvalue weighted by Gasteiger charge is 2.28. The molecule has 0 aromatic heterocycles. The lowest BCUT2D eigenvalue weighted by atomic mass is 9.98. The molecule has 0 heterocycles. The molecule has 0 saturated carbocycles. The number of hydrogen-bond donors (Lipinski definition) is 4. The normalized spacial score (nSPS) is 15.1. The lowest BCUT2D eigenvalue weighted by Crippen LogP contribution is -2.32. The summed E-state index contributed by atoms with van der Waals surface area (Å²) in [6, 6.07) is 0. The van der Waals surface area contributed by atoms with Crippen LogP contribution in [0.5, 0.6) is 0 Å². The molecule has 0 spiro atoms. The van der Waals surface area contributed by atoms with Gasteiger partial charge in [-0.3, -0.25) is 14.4 Å². The van der Waals surface area contributed by atoms with Crippen LogP contribution in [0.3, 0.4) is 0 Å². The van der Waals surface area contributed by atoms with E-state index in [-0.39, 0.29) is 6.42 Å². The highest BCUT2D eigenvalue weighted by Crippen LogP contribution is 2.16. The lowest BCUT2D eigenvalue weighted by molar-refractivity contribution is -0.162. The Hall–Kier alpha value is -2.16. The van der Waals surface area contributed by atoms with Gasteiger partial charge < -0.3 is 25.2 Å². The predicted molar refractivity (Wildman–Crippen MR) is 62.2 cm³/mol. The Balaban J connectivity index is 4.59. The van der Waals surface area contributed by atoms with Crippen molar-refractivity contribution < 1.29 is 44.3 Å². The van der Waals surface area contributed by atoms with Gasteiger partial charge in [0.1, 0.15) is 0 Å². The van der Waals surface area contributed by atoms with Crippen LogP contribution in [0.25, 0.3) is 0 Å². The molecule has 20 heavy (non-hydrogen) atoms. The second-order valence-corrected chi connectivity index (χ2v) is 4.24. The summed E-state index contributed by atoms with van der Waals surface area (Å²) in [5.74, 6) is -6.73. The van der Waals surface area contributed by atoms with Gasteiger partial charge in [0.15, 0.2) is 6.10 Å². The van der Waals surface area contributed by atoms with Gasteiger partial charge in [-0.15, -0.1) is 0 Å². The molecule has 0 radical (unpaired) electrons. The first kappa shape index (κ1) is 17.8. The SMILES string of the molecule is CC(CC(CC(=O)O)C(=O)O)OC(CC(=O)O)C(=O)O. The number of carboxylic acids is 4. The molecule has 0 aromatic rings. The molecule has 3 unspecified atom stereocenters. The van der Waals surface area contributed by atoms with Crippen molar-refractivity contribution in [2.24, 2.45) is 5.92 Å². The minimum Gasteiger partial charge on any atom is -0.481 e. The van der Waals surface area contributed by atoms with Crippen LogP contribution in [-0.4, -0.2) is 56.5 Å². The quantitative estimate of drug-likeness (QED) is 0.430. The van der Waals surface area contributed by atoms with Crippen LogP contribution >= 0.6 is 0 Å². The molecule has 0 aliphatic rings. The van der Waals surface area contributed by atoms with Crippen LogP contribution < -0.4 is 0 Å². The summed E-state index contributed by atoms with van der Waals surface area (Å²) < 4.78 is 4.95. The zero-order chi connectivity index (χ0) is 15.9. The number of carbonyl (C=O) groups is 4. The van der Waals surface area contributed by atoms with Gasteiger partial charge in [-0.25, -0.2) is 4.79 Å². The largest absolute Gasteiger partial charge is 0.481 e. The summed E-state index contributed by atoms with van der Waals surface area (Å²) in [6.07, 6.45) is -4.14. The number of aliphatic carboxylic acids is 4. The smallest absolute Gasteiger partial charge is 0.333 e. The summed E-state index contributed by atoms with van der Waals surface area (Å²) in [6.45, 7) is 1.36. The van der Waals surface area contributed by atoms with Crippen LogP contribution in [0.4, 0.5) is 0 Å². The molecule has 114 valence electrons. The first-order chi connectivity index (χ1) is 9.13. The molecule has 4 N–H and O–H groups in total. The maximum Gasteiger partial charge on any atom is 0.333 e. The third-order valence-electron chi connectivity index (χ3n) is 2.42. The van der Waals surface area contributed by atoms with Gasteiger partial charge in [-0.1, -0.05) is 0 Å². The molecule has 0 aromatic carbocycles. The van der Waals surface area contributed by atoms with Crippen LogP contribution in [0.2, 0.25) is 0 Å². The molecule has 9 nitrogen and oxygen atoms in total. The molecular weight excluding hydrogens is 276 g/mol. The van der Waals surface area contributed by atoms with Gasteiger partial charge in [0.05, 0.1) is 24.9 Å². The molecule has 0 saturated heterocycles. The van der Waals surface area contributed by atoms with E-state index in [4.69, 9.17) is 25.2 Å². The van der Waals surface area contributed by atoms with Crippen molar-refractivity contribution in [1.29, 1.82) is 0 Å². The maximum absolute atomic E-state index is 10.8. The van der Waals surface area contributed by atoms with Gasteiger partial charge in [0, 0.05) is 0 Å². The summed E-state index contributed by atoms with van der Waals surface area (Å²) >= 11 is 0. The average Bonchev–Trinajstić information content (AvgIpc) is 2.25. The van der Waals surface area contributed by atoms with Crippen molar-refractivity contribution in [3.05, 3.63) is 0 Å². The van der Waals surface area contributed by atoms with Gasteiger partial charge in [-0.05, 0) is 13.3 Å². The molecule has 0 fully saturated rings. The summed E-state index contributed by atoms with van der Waals surface area (Å²) in [7, 11) is 0. The Morgan fingerprint density at radius 3 is 1.75 bits per heavy atom. The minimum absolute atomic E-state index is 0.231. The molecule has 0 aliphatic heterocycles. The third-order valence-corrected chi connectivity index (χ3v) is 2.42. The maximum atomic E-state index is 10.8. The van der Waals surface area contributed by atoms with E-state index in [1.807, 2.05) is 0 Å². The van der Waals surface area contributed by atoms with E-state index in [9.17, 15) is 19.2 Å². The molecule has 0 bridgehead atoms. The second-order valence-electron chi connectivity index (χ2n) is 4.24. The van der Waals surface area contributed by atoms with Crippen molar-refractivity contribution in [3.8, 4) is 0 Å². The van der Waals surface area contributed by atoms with E-state index in [0.717, 1.165) is 0 Å². The highest BCUT2D eigenvalue weighted by atomic mass is 16.5. The Kier molecular flexibility index (Phi) is 7.22. The van der Waals surface area contributed by atoms with Gasteiger partial charge in [0.25, 0.3) is 0 Å². The van der Waals surface area contributed by atoms with Crippen LogP contribution in [0.1, 0.15) is 26.2 Å². The minimum atomic E-state index is -1.61. The average molecular weight is 292 g/mol. The van der Waals surface area contributed by atoms with E-state index >= 15 is 0 Å². The standard InChI is InChI=1S/C11H16O9/c1-5(2-6(10(16)17)3-8(12)13)20-7(11(18)19)4-9(14)15/h5-7H,2-4H2,1H3,(H,12,13)(H,14,15)(H,16,17)(H,18,19). The van der Waals surface area contributed by atoms with E-state index < -0.39 is 54.8 Å². The topological polar surface area (TPSA) is 158 Å². The molecule has 0 aliphatic carbocycles. The summed E-state index contributed by atoms with van der Waals surface area (Å²) in [5, 5.41) is 34.7. The van der Waals surface area contributed by atoms with Crippen LogP contribution in [0, 0.1) is 5.92 Å². The zero-order valence-electron chi connectivity index (χ0n) is 10.7. The van der Waals surface area contributed by atoms with Gasteiger partial charge >= 0.3 is 23.9 Å². The zero-order valence-corrected chi connectivity index (χ0v) is 10.7. The van der Waals surface area contributed by atoms with E-state index in [1.165, 1.54) is 6.92 Å². The molecule has 9 heteroatoms. The number of ether oxygens (including phenoxy) is 1. The Morgan fingerprint density at radius 1 is 0.900 bits per heavy atom. The van der Waals surface area contributed by atoms with E-state index in [1.54, 1.807) is 0 Å². The molecular formula is C11H16O9. The second kappa shape index (κ2) is 8.10. The first-order valence-electron chi connectivity index (χ1n) is 5.68. The number of hydrogen-bond acceptors (Lipinski definition) is 5. The predicted octanol–water partition coefficient (Wildman–Crippen LogP) is -0.115. The monoisotopic (exact) mass is 292 g/mol. The molecule has 0 rings (SSSR count). The van der Waals surface area contributed by atoms with E-state index in [2.05, 4.69) is 0 Å². The summed E-state index contributed by atoms with van der Waals surface area (Å²) in [4.78, 5) is 42.6. The highest BCUT2D eigenvalue weighted by molar-refractivity contribution is 5.79. The number of rotatable bonds is 10.